The molecule has 1 heterocycles. The third kappa shape index (κ3) is 5.99. The van der Waals surface area contributed by atoms with Crippen LogP contribution < -0.4 is 16.0 Å². The van der Waals surface area contributed by atoms with Crippen molar-refractivity contribution in [3.05, 3.63) is 34.3 Å². The molecule has 0 radical (unpaired) electrons. The van der Waals surface area contributed by atoms with E-state index in [0.717, 1.165) is 23.5 Å². The lowest BCUT2D eigenvalue weighted by Crippen LogP contribution is -2.48. The van der Waals surface area contributed by atoms with Gasteiger partial charge in [-0.2, -0.15) is 0 Å². The molecule has 3 N–H and O–H groups in total. The van der Waals surface area contributed by atoms with E-state index < -0.39 is 0 Å². The first-order chi connectivity index (χ1) is 12.4. The van der Waals surface area contributed by atoms with E-state index in [1.165, 1.54) is 0 Å². The quantitative estimate of drug-likeness (QED) is 0.372. The SMILES string of the molecule is CN=C(NCCNC(=O)c1cccc(Br)c1)NC1CN(C(C)C)CC1C. The molecule has 1 aromatic carbocycles. The highest BCUT2D eigenvalue weighted by Gasteiger charge is 2.31. The highest BCUT2D eigenvalue weighted by Crippen LogP contribution is 2.18. The first kappa shape index (κ1) is 20.7. The smallest absolute Gasteiger partial charge is 0.251 e. The number of hydrogen-bond donors (Lipinski definition) is 3. The van der Waals surface area contributed by atoms with Gasteiger partial charge in [0.1, 0.15) is 0 Å². The van der Waals surface area contributed by atoms with Crippen molar-refractivity contribution in [1.82, 2.24) is 20.9 Å². The minimum absolute atomic E-state index is 0.0759. The molecule has 1 amide bonds. The van der Waals surface area contributed by atoms with Crippen molar-refractivity contribution >= 4 is 27.8 Å². The van der Waals surface area contributed by atoms with E-state index in [1.54, 1.807) is 13.1 Å². The van der Waals surface area contributed by atoms with Crippen LogP contribution in [-0.4, -0.2) is 62.1 Å². The third-order valence-corrected chi connectivity index (χ3v) is 5.20. The molecule has 2 rings (SSSR count). The molecule has 1 aromatic rings. The van der Waals surface area contributed by atoms with Crippen molar-refractivity contribution in [3.63, 3.8) is 0 Å². The second-order valence-corrected chi connectivity index (χ2v) is 7.96. The van der Waals surface area contributed by atoms with Crippen LogP contribution in [0.15, 0.2) is 33.7 Å². The van der Waals surface area contributed by atoms with Gasteiger partial charge in [0.05, 0.1) is 0 Å². The van der Waals surface area contributed by atoms with Crippen LogP contribution in [-0.2, 0) is 0 Å². The summed E-state index contributed by atoms with van der Waals surface area (Å²) in [6.07, 6.45) is 0. The number of carbonyl (C=O) groups excluding carboxylic acids is 1. The van der Waals surface area contributed by atoms with Crippen LogP contribution in [0.5, 0.6) is 0 Å². The zero-order chi connectivity index (χ0) is 19.1. The summed E-state index contributed by atoms with van der Waals surface area (Å²) in [4.78, 5) is 18.9. The second kappa shape index (κ2) is 9.92. The Morgan fingerprint density at radius 3 is 2.65 bits per heavy atom. The number of benzene rings is 1. The maximum Gasteiger partial charge on any atom is 0.251 e. The molecule has 1 saturated heterocycles. The van der Waals surface area contributed by atoms with Crippen molar-refractivity contribution in [2.24, 2.45) is 10.9 Å². The molecule has 0 bridgehead atoms. The van der Waals surface area contributed by atoms with E-state index in [4.69, 9.17) is 0 Å². The molecular weight excluding hydrogens is 394 g/mol. The van der Waals surface area contributed by atoms with E-state index in [0.29, 0.717) is 36.7 Å². The Labute approximate surface area is 165 Å². The Morgan fingerprint density at radius 2 is 2.04 bits per heavy atom. The Bertz CT molecular complexity index is 634. The van der Waals surface area contributed by atoms with Crippen LogP contribution in [0.4, 0.5) is 0 Å². The van der Waals surface area contributed by atoms with Crippen molar-refractivity contribution in [3.8, 4) is 0 Å². The number of aliphatic imine (C=N–C) groups is 1. The number of rotatable bonds is 6. The number of halogens is 1. The monoisotopic (exact) mass is 423 g/mol. The van der Waals surface area contributed by atoms with Crippen LogP contribution in [0.1, 0.15) is 31.1 Å². The molecular formula is C19H30BrN5O. The molecule has 26 heavy (non-hydrogen) atoms. The van der Waals surface area contributed by atoms with Crippen LogP contribution >= 0.6 is 15.9 Å². The summed E-state index contributed by atoms with van der Waals surface area (Å²) in [5, 5.41) is 9.70. The fourth-order valence-electron chi connectivity index (χ4n) is 3.07. The Hall–Kier alpha value is -1.60. The highest BCUT2D eigenvalue weighted by atomic mass is 79.9. The van der Waals surface area contributed by atoms with E-state index in [1.807, 2.05) is 18.2 Å². The summed E-state index contributed by atoms with van der Waals surface area (Å²) in [5.41, 5.74) is 0.649. The molecule has 1 aliphatic heterocycles. The van der Waals surface area contributed by atoms with Gasteiger partial charge in [-0.1, -0.05) is 28.9 Å². The minimum atomic E-state index is -0.0759. The van der Waals surface area contributed by atoms with Crippen LogP contribution in [0.3, 0.4) is 0 Å². The van der Waals surface area contributed by atoms with Crippen molar-refractivity contribution in [1.29, 1.82) is 0 Å². The van der Waals surface area contributed by atoms with Gasteiger partial charge in [-0.15, -0.1) is 0 Å². The van der Waals surface area contributed by atoms with E-state index in [2.05, 4.69) is 62.5 Å². The Morgan fingerprint density at radius 1 is 1.31 bits per heavy atom. The van der Waals surface area contributed by atoms with Crippen LogP contribution in [0.25, 0.3) is 0 Å². The van der Waals surface area contributed by atoms with Gasteiger partial charge in [-0.05, 0) is 38.0 Å². The van der Waals surface area contributed by atoms with Crippen LogP contribution in [0, 0.1) is 5.92 Å². The van der Waals surface area contributed by atoms with Crippen molar-refractivity contribution in [2.45, 2.75) is 32.9 Å². The average molecular weight is 424 g/mol. The lowest BCUT2D eigenvalue weighted by Gasteiger charge is -2.22. The molecule has 0 spiro atoms. The number of likely N-dealkylation sites (tertiary alicyclic amines) is 1. The van der Waals surface area contributed by atoms with Gasteiger partial charge in [-0.25, -0.2) is 0 Å². The van der Waals surface area contributed by atoms with Gasteiger partial charge in [0, 0.05) is 55.3 Å². The largest absolute Gasteiger partial charge is 0.355 e. The highest BCUT2D eigenvalue weighted by molar-refractivity contribution is 9.10. The minimum Gasteiger partial charge on any atom is -0.355 e. The molecule has 1 aliphatic rings. The summed E-state index contributed by atoms with van der Waals surface area (Å²) in [6, 6.07) is 8.32. The average Bonchev–Trinajstić information content (AvgIpc) is 2.98. The lowest BCUT2D eigenvalue weighted by molar-refractivity contribution is 0.0954. The predicted molar refractivity (Wildman–Crippen MR) is 111 cm³/mol. The molecule has 0 aromatic heterocycles. The molecule has 1 fully saturated rings. The summed E-state index contributed by atoms with van der Waals surface area (Å²) in [6.45, 7) is 10.0. The number of carbonyl (C=O) groups is 1. The molecule has 2 atom stereocenters. The summed E-state index contributed by atoms with van der Waals surface area (Å²) in [7, 11) is 1.77. The maximum atomic E-state index is 12.1. The predicted octanol–water partition coefficient (Wildman–Crippen LogP) is 2.07. The van der Waals surface area contributed by atoms with Gasteiger partial charge in [0.25, 0.3) is 5.91 Å². The summed E-state index contributed by atoms with van der Waals surface area (Å²) in [5.74, 6) is 1.28. The Balaban J connectivity index is 1.73. The van der Waals surface area contributed by atoms with Gasteiger partial charge in [-0.3, -0.25) is 14.7 Å². The molecule has 0 aliphatic carbocycles. The maximum absolute atomic E-state index is 12.1. The topological polar surface area (TPSA) is 68.8 Å². The number of nitrogens with one attached hydrogen (secondary N) is 3. The summed E-state index contributed by atoms with van der Waals surface area (Å²) >= 11 is 3.38. The van der Waals surface area contributed by atoms with Gasteiger partial charge >= 0.3 is 0 Å². The van der Waals surface area contributed by atoms with Crippen molar-refractivity contribution in [2.75, 3.05) is 33.2 Å². The molecule has 144 valence electrons. The van der Waals surface area contributed by atoms with E-state index >= 15 is 0 Å². The number of hydrogen-bond acceptors (Lipinski definition) is 3. The zero-order valence-electron chi connectivity index (χ0n) is 16.1. The van der Waals surface area contributed by atoms with Gasteiger partial charge in [0.2, 0.25) is 0 Å². The fourth-order valence-corrected chi connectivity index (χ4v) is 3.47. The number of amides is 1. The lowest BCUT2D eigenvalue weighted by atomic mass is 10.1. The Kier molecular flexibility index (Phi) is 7.90. The second-order valence-electron chi connectivity index (χ2n) is 7.04. The van der Waals surface area contributed by atoms with Gasteiger partial charge in [0.15, 0.2) is 5.96 Å². The molecule has 6 nitrogen and oxygen atoms in total. The fraction of sp³-hybridized carbons (Fsp3) is 0.579. The first-order valence-corrected chi connectivity index (χ1v) is 9.95. The number of guanidine groups is 1. The summed E-state index contributed by atoms with van der Waals surface area (Å²) < 4.78 is 0.897. The molecule has 2 unspecified atom stereocenters. The first-order valence-electron chi connectivity index (χ1n) is 9.15. The standard InChI is InChI=1S/C19H30BrN5O/c1-13(2)25-11-14(3)17(12-25)24-19(21-4)23-9-8-22-18(26)15-6-5-7-16(20)10-15/h5-7,10,13-14,17H,8-9,11-12H2,1-4H3,(H,22,26)(H2,21,23,24). The van der Waals surface area contributed by atoms with Gasteiger partial charge < -0.3 is 16.0 Å². The zero-order valence-corrected chi connectivity index (χ0v) is 17.6. The number of nitrogens with zero attached hydrogens (tertiary/aromatic N) is 2. The van der Waals surface area contributed by atoms with E-state index in [-0.39, 0.29) is 5.91 Å². The normalized spacial score (nSPS) is 21.1. The van der Waals surface area contributed by atoms with E-state index in [9.17, 15) is 4.79 Å². The van der Waals surface area contributed by atoms with Crippen molar-refractivity contribution < 1.29 is 4.79 Å². The molecule has 7 heteroatoms. The third-order valence-electron chi connectivity index (χ3n) is 4.71. The molecule has 0 saturated carbocycles. The van der Waals surface area contributed by atoms with Crippen LogP contribution in [0.2, 0.25) is 0 Å².